The van der Waals surface area contributed by atoms with Crippen molar-refractivity contribution >= 4 is 38.6 Å². The molecule has 0 bridgehead atoms. The molecule has 0 aliphatic carbocycles. The second kappa shape index (κ2) is 5.90. The number of thiazole rings is 1. The van der Waals surface area contributed by atoms with Crippen molar-refractivity contribution in [3.05, 3.63) is 63.7 Å². The lowest BCUT2D eigenvalue weighted by atomic mass is 10.3. The van der Waals surface area contributed by atoms with Gasteiger partial charge in [-0.3, -0.25) is 15.5 Å². The van der Waals surface area contributed by atoms with E-state index in [4.69, 9.17) is 0 Å². The second-order valence-corrected chi connectivity index (χ2v) is 5.63. The Balaban J connectivity index is 1.82. The van der Waals surface area contributed by atoms with Crippen molar-refractivity contribution in [2.75, 3.05) is 5.43 Å². The van der Waals surface area contributed by atoms with Crippen LogP contribution in [0.3, 0.4) is 0 Å². The molecule has 22 heavy (non-hydrogen) atoms. The number of hydrazone groups is 1. The largest absolute Gasteiger partial charge is 0.278 e. The van der Waals surface area contributed by atoms with Crippen molar-refractivity contribution in [3.8, 4) is 0 Å². The number of fused-ring (bicyclic) bond motifs is 1. The van der Waals surface area contributed by atoms with Crippen LogP contribution in [0.25, 0.3) is 10.2 Å². The van der Waals surface area contributed by atoms with Crippen LogP contribution in [-0.4, -0.2) is 15.6 Å². The maximum Gasteiger partial charge on any atom is 0.271 e. The zero-order chi connectivity index (χ0) is 15.5. The molecule has 1 heterocycles. The van der Waals surface area contributed by atoms with Gasteiger partial charge >= 0.3 is 0 Å². The van der Waals surface area contributed by atoms with Gasteiger partial charge in [0.05, 0.1) is 26.5 Å². The van der Waals surface area contributed by atoms with Gasteiger partial charge in [0.15, 0.2) is 0 Å². The van der Waals surface area contributed by atoms with Crippen molar-refractivity contribution in [1.82, 2.24) is 4.98 Å². The molecular weight excluding hydrogens is 300 g/mol. The smallest absolute Gasteiger partial charge is 0.271 e. The van der Waals surface area contributed by atoms with Gasteiger partial charge in [-0.2, -0.15) is 5.10 Å². The molecule has 0 unspecified atom stereocenters. The molecule has 0 amide bonds. The van der Waals surface area contributed by atoms with E-state index in [1.54, 1.807) is 23.5 Å². The molecule has 6 nitrogen and oxygen atoms in total. The Bertz CT molecular complexity index is 840. The van der Waals surface area contributed by atoms with Crippen LogP contribution in [0.15, 0.2) is 53.6 Å². The summed E-state index contributed by atoms with van der Waals surface area (Å²) in [6.07, 6.45) is 0. The van der Waals surface area contributed by atoms with Crippen molar-refractivity contribution in [1.29, 1.82) is 0 Å². The number of anilines is 1. The minimum Gasteiger partial charge on any atom is -0.278 e. The Morgan fingerprint density at radius 2 is 2.09 bits per heavy atom. The third-order valence-electron chi connectivity index (χ3n) is 3.01. The molecular formula is C15H12N4O2S. The summed E-state index contributed by atoms with van der Waals surface area (Å²) in [5.41, 5.74) is 5.09. The van der Waals surface area contributed by atoms with E-state index in [2.05, 4.69) is 15.5 Å². The predicted octanol–water partition coefficient (Wildman–Crippen LogP) is 4.04. The molecule has 1 aromatic heterocycles. The Kier molecular flexibility index (Phi) is 3.80. The fourth-order valence-electron chi connectivity index (χ4n) is 1.91. The number of nitro benzene ring substituents is 1. The Hall–Kier alpha value is -2.80. The number of rotatable bonds is 4. The summed E-state index contributed by atoms with van der Waals surface area (Å²) in [4.78, 5) is 14.8. The van der Waals surface area contributed by atoms with E-state index in [9.17, 15) is 10.1 Å². The topological polar surface area (TPSA) is 80.4 Å². The number of nitrogens with one attached hydrogen (secondary N) is 1. The lowest BCUT2D eigenvalue weighted by Crippen LogP contribution is -1.99. The molecule has 0 atom stereocenters. The number of non-ortho nitro benzene ring substituents is 1. The van der Waals surface area contributed by atoms with Gasteiger partial charge in [-0.05, 0) is 25.1 Å². The summed E-state index contributed by atoms with van der Waals surface area (Å²) in [6.45, 7) is 1.85. The number of hydrogen-bond donors (Lipinski definition) is 1. The highest BCUT2D eigenvalue weighted by atomic mass is 32.1. The molecule has 3 rings (SSSR count). The van der Waals surface area contributed by atoms with E-state index >= 15 is 0 Å². The van der Waals surface area contributed by atoms with Crippen LogP contribution in [0.5, 0.6) is 0 Å². The summed E-state index contributed by atoms with van der Waals surface area (Å²) in [5.74, 6) is 0. The Morgan fingerprint density at radius 1 is 1.27 bits per heavy atom. The quantitative estimate of drug-likeness (QED) is 0.448. The van der Waals surface area contributed by atoms with Gasteiger partial charge in [-0.1, -0.05) is 18.2 Å². The third-order valence-corrected chi connectivity index (χ3v) is 4.16. The second-order valence-electron chi connectivity index (χ2n) is 4.60. The monoisotopic (exact) mass is 312 g/mol. The van der Waals surface area contributed by atoms with Gasteiger partial charge in [0.2, 0.25) is 0 Å². The minimum absolute atomic E-state index is 0.0258. The molecule has 0 aliphatic rings. The highest BCUT2D eigenvalue weighted by molar-refractivity contribution is 7.20. The highest BCUT2D eigenvalue weighted by Gasteiger charge is 2.07. The first-order valence-corrected chi connectivity index (χ1v) is 7.36. The molecule has 0 radical (unpaired) electrons. The van der Waals surface area contributed by atoms with Crippen molar-refractivity contribution in [3.63, 3.8) is 0 Å². The number of nitro groups is 1. The zero-order valence-electron chi connectivity index (χ0n) is 11.7. The number of hydrogen-bond acceptors (Lipinski definition) is 6. The standard InChI is InChI=1S/C15H12N4O2S/c1-10(15-16-13-7-2-3-8-14(13)22-15)17-18-11-5-4-6-12(9-11)19(20)21/h2-9,18H,1H3/b17-10-. The molecule has 0 saturated carbocycles. The summed E-state index contributed by atoms with van der Waals surface area (Å²) in [6, 6.07) is 14.1. The van der Waals surface area contributed by atoms with Gasteiger partial charge in [0.25, 0.3) is 5.69 Å². The molecule has 0 aliphatic heterocycles. The molecule has 7 heteroatoms. The summed E-state index contributed by atoms with van der Waals surface area (Å²) in [7, 11) is 0. The summed E-state index contributed by atoms with van der Waals surface area (Å²) < 4.78 is 1.10. The fourth-order valence-corrected chi connectivity index (χ4v) is 2.82. The number of nitrogens with zero attached hydrogens (tertiary/aromatic N) is 3. The normalized spacial score (nSPS) is 11.6. The maximum atomic E-state index is 10.7. The zero-order valence-corrected chi connectivity index (χ0v) is 12.5. The number of benzene rings is 2. The fraction of sp³-hybridized carbons (Fsp3) is 0.0667. The Labute approximate surface area is 130 Å². The first-order valence-electron chi connectivity index (χ1n) is 6.54. The third kappa shape index (κ3) is 2.94. The van der Waals surface area contributed by atoms with E-state index < -0.39 is 4.92 Å². The first-order chi connectivity index (χ1) is 10.6. The van der Waals surface area contributed by atoms with Gasteiger partial charge in [0, 0.05) is 12.1 Å². The van der Waals surface area contributed by atoms with Crippen LogP contribution in [-0.2, 0) is 0 Å². The van der Waals surface area contributed by atoms with Crippen molar-refractivity contribution in [2.45, 2.75) is 6.92 Å². The lowest BCUT2D eigenvalue weighted by molar-refractivity contribution is -0.384. The highest BCUT2D eigenvalue weighted by Crippen LogP contribution is 2.22. The molecule has 2 aromatic carbocycles. The summed E-state index contributed by atoms with van der Waals surface area (Å²) >= 11 is 1.56. The lowest BCUT2D eigenvalue weighted by Gasteiger charge is -2.01. The van der Waals surface area contributed by atoms with Gasteiger partial charge in [-0.25, -0.2) is 4.98 Å². The van der Waals surface area contributed by atoms with Crippen LogP contribution in [0.4, 0.5) is 11.4 Å². The molecule has 0 spiro atoms. The molecule has 0 saturated heterocycles. The van der Waals surface area contributed by atoms with Gasteiger partial charge in [0.1, 0.15) is 5.01 Å². The first kappa shape index (κ1) is 14.2. The van der Waals surface area contributed by atoms with Crippen molar-refractivity contribution in [2.24, 2.45) is 5.10 Å². The van der Waals surface area contributed by atoms with E-state index in [1.165, 1.54) is 12.1 Å². The predicted molar refractivity (Wildman–Crippen MR) is 88.6 cm³/mol. The van der Waals surface area contributed by atoms with Crippen LogP contribution in [0.1, 0.15) is 11.9 Å². The van der Waals surface area contributed by atoms with E-state index in [0.717, 1.165) is 20.9 Å². The summed E-state index contributed by atoms with van der Waals surface area (Å²) in [5, 5.41) is 15.8. The van der Waals surface area contributed by atoms with Crippen LogP contribution in [0.2, 0.25) is 0 Å². The molecule has 1 N–H and O–H groups in total. The van der Waals surface area contributed by atoms with E-state index in [1.807, 2.05) is 31.2 Å². The Morgan fingerprint density at radius 3 is 2.86 bits per heavy atom. The number of aromatic nitrogens is 1. The average Bonchev–Trinajstić information content (AvgIpc) is 2.97. The van der Waals surface area contributed by atoms with E-state index in [0.29, 0.717) is 5.69 Å². The van der Waals surface area contributed by atoms with Crippen LogP contribution >= 0.6 is 11.3 Å². The maximum absolute atomic E-state index is 10.7. The van der Waals surface area contributed by atoms with Crippen molar-refractivity contribution < 1.29 is 4.92 Å². The minimum atomic E-state index is -0.435. The van der Waals surface area contributed by atoms with E-state index in [-0.39, 0.29) is 5.69 Å². The molecule has 110 valence electrons. The number of para-hydroxylation sites is 1. The average molecular weight is 312 g/mol. The van der Waals surface area contributed by atoms with Crippen LogP contribution in [0, 0.1) is 10.1 Å². The van der Waals surface area contributed by atoms with Crippen LogP contribution < -0.4 is 5.43 Å². The molecule has 0 fully saturated rings. The SMILES string of the molecule is C/C(=N/Nc1cccc([N+](=O)[O-])c1)c1nc2ccccc2s1. The van der Waals surface area contributed by atoms with Gasteiger partial charge < -0.3 is 0 Å². The van der Waals surface area contributed by atoms with Gasteiger partial charge in [-0.15, -0.1) is 11.3 Å². The molecule has 3 aromatic rings.